The van der Waals surface area contributed by atoms with Gasteiger partial charge in [-0.15, -0.1) is 0 Å². The number of hydrogen-bond acceptors (Lipinski definition) is 6. The molecule has 1 atom stereocenters. The molecule has 0 aromatic heterocycles. The van der Waals surface area contributed by atoms with Crippen LogP contribution in [0.15, 0.2) is 23.1 Å². The topological polar surface area (TPSA) is 79.4 Å². The Labute approximate surface area is 180 Å². The van der Waals surface area contributed by atoms with Crippen molar-refractivity contribution in [1.29, 1.82) is 0 Å². The average molecular weight is 442 g/mol. The van der Waals surface area contributed by atoms with Gasteiger partial charge in [0, 0.05) is 44.3 Å². The number of hydrogen-bond donors (Lipinski definition) is 0. The van der Waals surface area contributed by atoms with Crippen molar-refractivity contribution >= 4 is 15.9 Å². The van der Waals surface area contributed by atoms with Gasteiger partial charge in [-0.05, 0) is 46.8 Å². The maximum atomic E-state index is 13.2. The van der Waals surface area contributed by atoms with Gasteiger partial charge in [0.1, 0.15) is 16.4 Å². The summed E-state index contributed by atoms with van der Waals surface area (Å²) in [4.78, 5) is 17.0. The molecule has 1 aromatic carbocycles. The molecular formula is C21H35N3O5S. The van der Waals surface area contributed by atoms with Crippen LogP contribution in [-0.2, 0) is 14.8 Å². The van der Waals surface area contributed by atoms with Crippen LogP contribution in [0.4, 0.5) is 0 Å². The van der Waals surface area contributed by atoms with Crippen LogP contribution < -0.4 is 9.47 Å². The fourth-order valence-electron chi connectivity index (χ4n) is 3.93. The Bertz CT molecular complexity index is 825. The standard InChI is InChI=1S/C21H35N3O5S/c1-15(2)24(16(3)4)21(25)17(5)22-10-12-23(13-11-22)30(26,27)20-14-18(28-6)8-9-19(20)29-7/h8-9,14-17H,10-13H2,1-7H3/t17-/m1/s1. The first-order chi connectivity index (χ1) is 14.0. The molecule has 1 fully saturated rings. The Kier molecular flexibility index (Phi) is 8.13. The van der Waals surface area contributed by atoms with Gasteiger partial charge in [-0.2, -0.15) is 4.31 Å². The number of nitrogens with zero attached hydrogens (tertiary/aromatic N) is 3. The lowest BCUT2D eigenvalue weighted by Gasteiger charge is -2.40. The maximum Gasteiger partial charge on any atom is 0.246 e. The van der Waals surface area contributed by atoms with Gasteiger partial charge in [0.15, 0.2) is 0 Å². The normalized spacial score (nSPS) is 17.2. The average Bonchev–Trinajstić information content (AvgIpc) is 2.72. The van der Waals surface area contributed by atoms with Crippen LogP contribution in [0.3, 0.4) is 0 Å². The van der Waals surface area contributed by atoms with Gasteiger partial charge >= 0.3 is 0 Å². The predicted molar refractivity (Wildman–Crippen MR) is 116 cm³/mol. The first-order valence-corrected chi connectivity index (χ1v) is 11.8. The zero-order valence-electron chi connectivity index (χ0n) is 19.1. The van der Waals surface area contributed by atoms with Gasteiger partial charge in [-0.3, -0.25) is 9.69 Å². The third-order valence-corrected chi connectivity index (χ3v) is 7.45. The van der Waals surface area contributed by atoms with E-state index in [1.807, 2.05) is 39.5 Å². The number of piperazine rings is 1. The molecule has 0 N–H and O–H groups in total. The summed E-state index contributed by atoms with van der Waals surface area (Å²) in [5.74, 6) is 0.812. The second kappa shape index (κ2) is 9.98. The van der Waals surface area contributed by atoms with Crippen LogP contribution in [0, 0.1) is 0 Å². The number of methoxy groups -OCH3 is 2. The lowest BCUT2D eigenvalue weighted by atomic mass is 10.1. The molecule has 1 aliphatic rings. The van der Waals surface area contributed by atoms with E-state index in [2.05, 4.69) is 4.90 Å². The van der Waals surface area contributed by atoms with Crippen molar-refractivity contribution in [3.05, 3.63) is 18.2 Å². The molecule has 0 unspecified atom stereocenters. The molecule has 1 saturated heterocycles. The minimum absolute atomic E-state index is 0.0748. The molecule has 0 bridgehead atoms. The van der Waals surface area contributed by atoms with Crippen molar-refractivity contribution in [3.8, 4) is 11.5 Å². The van der Waals surface area contributed by atoms with Gasteiger partial charge in [0.05, 0.1) is 20.3 Å². The minimum Gasteiger partial charge on any atom is -0.497 e. The number of carbonyl (C=O) groups excluding carboxylic acids is 1. The summed E-state index contributed by atoms with van der Waals surface area (Å²) in [7, 11) is -0.805. The highest BCUT2D eigenvalue weighted by molar-refractivity contribution is 7.89. The molecule has 1 aromatic rings. The second-order valence-corrected chi connectivity index (χ2v) is 9.97. The Hall–Kier alpha value is -1.84. The molecule has 1 aliphatic heterocycles. The van der Waals surface area contributed by atoms with E-state index in [4.69, 9.17) is 9.47 Å². The molecule has 9 heteroatoms. The molecule has 1 amide bonds. The van der Waals surface area contributed by atoms with E-state index in [9.17, 15) is 13.2 Å². The maximum absolute atomic E-state index is 13.2. The smallest absolute Gasteiger partial charge is 0.246 e. The zero-order chi connectivity index (χ0) is 22.6. The molecule has 170 valence electrons. The van der Waals surface area contributed by atoms with Crippen molar-refractivity contribution in [3.63, 3.8) is 0 Å². The summed E-state index contributed by atoms with van der Waals surface area (Å²) < 4.78 is 38.3. The highest BCUT2D eigenvalue weighted by Crippen LogP contribution is 2.31. The molecule has 0 spiro atoms. The highest BCUT2D eigenvalue weighted by atomic mass is 32.2. The van der Waals surface area contributed by atoms with Crippen molar-refractivity contribution < 1.29 is 22.7 Å². The third-order valence-electron chi connectivity index (χ3n) is 5.53. The van der Waals surface area contributed by atoms with Gasteiger partial charge in [-0.1, -0.05) is 0 Å². The summed E-state index contributed by atoms with van der Waals surface area (Å²) in [5.41, 5.74) is 0. The SMILES string of the molecule is COc1ccc(OC)c(S(=O)(=O)N2CCN([C@H](C)C(=O)N(C(C)C)C(C)C)CC2)c1. The van der Waals surface area contributed by atoms with E-state index in [0.29, 0.717) is 31.9 Å². The lowest BCUT2D eigenvalue weighted by molar-refractivity contribution is -0.140. The summed E-state index contributed by atoms with van der Waals surface area (Å²) >= 11 is 0. The Morgan fingerprint density at radius 1 is 0.967 bits per heavy atom. The van der Waals surface area contributed by atoms with E-state index < -0.39 is 10.0 Å². The highest BCUT2D eigenvalue weighted by Gasteiger charge is 2.35. The fourth-order valence-corrected chi connectivity index (χ4v) is 5.53. The van der Waals surface area contributed by atoms with E-state index in [0.717, 1.165) is 0 Å². The molecule has 8 nitrogen and oxygen atoms in total. The number of benzene rings is 1. The van der Waals surface area contributed by atoms with E-state index >= 15 is 0 Å². The molecule has 0 radical (unpaired) electrons. The van der Waals surface area contributed by atoms with Crippen LogP contribution in [0.5, 0.6) is 11.5 Å². The lowest BCUT2D eigenvalue weighted by Crippen LogP contribution is -2.57. The minimum atomic E-state index is -3.74. The molecule has 0 saturated carbocycles. The van der Waals surface area contributed by atoms with Crippen molar-refractivity contribution in [1.82, 2.24) is 14.1 Å². The number of carbonyl (C=O) groups is 1. The molecule has 30 heavy (non-hydrogen) atoms. The Morgan fingerprint density at radius 2 is 1.53 bits per heavy atom. The Balaban J connectivity index is 2.14. The van der Waals surface area contributed by atoms with E-state index in [1.165, 1.54) is 24.6 Å². The number of rotatable bonds is 8. The third kappa shape index (κ3) is 5.07. The number of ether oxygens (including phenoxy) is 2. The van der Waals surface area contributed by atoms with E-state index in [-0.39, 0.29) is 34.7 Å². The molecule has 2 rings (SSSR count). The van der Waals surface area contributed by atoms with Gasteiger partial charge in [0.25, 0.3) is 0 Å². The van der Waals surface area contributed by atoms with Crippen LogP contribution in [0.25, 0.3) is 0 Å². The van der Waals surface area contributed by atoms with E-state index in [1.54, 1.807) is 12.1 Å². The van der Waals surface area contributed by atoms with Gasteiger partial charge < -0.3 is 14.4 Å². The first-order valence-electron chi connectivity index (χ1n) is 10.3. The van der Waals surface area contributed by atoms with Crippen LogP contribution in [0.1, 0.15) is 34.6 Å². The zero-order valence-corrected chi connectivity index (χ0v) is 19.9. The number of amides is 1. The first kappa shape index (κ1) is 24.4. The summed E-state index contributed by atoms with van der Waals surface area (Å²) in [6, 6.07) is 4.67. The van der Waals surface area contributed by atoms with Crippen molar-refractivity contribution in [2.75, 3.05) is 40.4 Å². The Morgan fingerprint density at radius 3 is 2.00 bits per heavy atom. The summed E-state index contributed by atoms with van der Waals surface area (Å²) in [5, 5.41) is 0. The summed E-state index contributed by atoms with van der Waals surface area (Å²) in [6.45, 7) is 11.5. The van der Waals surface area contributed by atoms with Crippen molar-refractivity contribution in [2.24, 2.45) is 0 Å². The monoisotopic (exact) mass is 441 g/mol. The molecule has 0 aliphatic carbocycles. The number of sulfonamides is 1. The quantitative estimate of drug-likeness (QED) is 0.614. The fraction of sp³-hybridized carbons (Fsp3) is 0.667. The van der Waals surface area contributed by atoms with Crippen LogP contribution in [-0.4, -0.2) is 87.0 Å². The molecular weight excluding hydrogens is 406 g/mol. The van der Waals surface area contributed by atoms with Gasteiger partial charge in [0.2, 0.25) is 15.9 Å². The van der Waals surface area contributed by atoms with Gasteiger partial charge in [-0.25, -0.2) is 8.42 Å². The summed E-state index contributed by atoms with van der Waals surface area (Å²) in [6.07, 6.45) is 0. The van der Waals surface area contributed by atoms with Crippen LogP contribution >= 0.6 is 0 Å². The van der Waals surface area contributed by atoms with Crippen molar-refractivity contribution in [2.45, 2.75) is 57.6 Å². The second-order valence-electron chi connectivity index (χ2n) is 8.07. The largest absolute Gasteiger partial charge is 0.497 e. The molecule has 1 heterocycles. The predicted octanol–water partition coefficient (Wildman–Crippen LogP) is 2.04. The van der Waals surface area contributed by atoms with Crippen LogP contribution in [0.2, 0.25) is 0 Å².